The van der Waals surface area contributed by atoms with Crippen LogP contribution in [0.3, 0.4) is 0 Å². The quantitative estimate of drug-likeness (QED) is 0.701. The number of aromatic amines is 1. The van der Waals surface area contributed by atoms with E-state index in [9.17, 15) is 14.0 Å². The molecule has 2 aromatic rings. The molecular formula is C12H13FN4O2S. The first kappa shape index (κ1) is 14.1. The molecule has 0 saturated carbocycles. The SMILES string of the molecule is CNC(=O)Nc1c(Nc2ccc(C)c(F)c2)s[nH]c1=O. The van der Waals surface area contributed by atoms with Crippen LogP contribution in [0.4, 0.5) is 25.6 Å². The van der Waals surface area contributed by atoms with E-state index >= 15 is 0 Å². The lowest BCUT2D eigenvalue weighted by molar-refractivity contribution is 0.254. The van der Waals surface area contributed by atoms with E-state index in [0.717, 1.165) is 11.5 Å². The number of halogens is 1. The molecule has 106 valence electrons. The van der Waals surface area contributed by atoms with Crippen LogP contribution in [-0.4, -0.2) is 17.5 Å². The number of carbonyl (C=O) groups excluding carboxylic acids is 1. The maximum Gasteiger partial charge on any atom is 0.319 e. The second kappa shape index (κ2) is 5.74. The van der Waals surface area contributed by atoms with Crippen molar-refractivity contribution < 1.29 is 9.18 Å². The lowest BCUT2D eigenvalue weighted by atomic mass is 10.2. The van der Waals surface area contributed by atoms with Crippen molar-refractivity contribution in [1.82, 2.24) is 9.69 Å². The fourth-order valence-corrected chi connectivity index (χ4v) is 2.19. The number of anilines is 3. The number of nitrogens with one attached hydrogen (secondary N) is 4. The van der Waals surface area contributed by atoms with Crippen LogP contribution in [0, 0.1) is 12.7 Å². The molecule has 0 aliphatic rings. The molecule has 8 heteroatoms. The van der Waals surface area contributed by atoms with Gasteiger partial charge in [-0.05, 0) is 36.2 Å². The normalized spacial score (nSPS) is 10.2. The molecule has 0 aliphatic heterocycles. The van der Waals surface area contributed by atoms with Crippen molar-refractivity contribution in [2.75, 3.05) is 17.7 Å². The molecule has 2 rings (SSSR count). The second-order valence-electron chi connectivity index (χ2n) is 4.03. The van der Waals surface area contributed by atoms with Crippen LogP contribution in [0.2, 0.25) is 0 Å². The predicted octanol–water partition coefficient (Wildman–Crippen LogP) is 2.38. The zero-order valence-electron chi connectivity index (χ0n) is 10.8. The summed E-state index contributed by atoms with van der Waals surface area (Å²) in [5.74, 6) is -0.348. The van der Waals surface area contributed by atoms with E-state index in [2.05, 4.69) is 20.3 Å². The van der Waals surface area contributed by atoms with Gasteiger partial charge >= 0.3 is 6.03 Å². The highest BCUT2D eigenvalue weighted by Crippen LogP contribution is 2.27. The van der Waals surface area contributed by atoms with Crippen molar-refractivity contribution in [3.05, 3.63) is 39.9 Å². The summed E-state index contributed by atoms with van der Waals surface area (Å²) in [5, 5.41) is 8.07. The summed E-state index contributed by atoms with van der Waals surface area (Å²) < 4.78 is 16.0. The van der Waals surface area contributed by atoms with Crippen molar-refractivity contribution in [3.8, 4) is 0 Å². The van der Waals surface area contributed by atoms with Crippen LogP contribution >= 0.6 is 11.5 Å². The summed E-state index contributed by atoms with van der Waals surface area (Å²) in [7, 11) is 1.44. The highest BCUT2D eigenvalue weighted by atomic mass is 32.1. The van der Waals surface area contributed by atoms with Gasteiger partial charge in [0.05, 0.1) is 0 Å². The highest BCUT2D eigenvalue weighted by Gasteiger charge is 2.13. The first-order valence-electron chi connectivity index (χ1n) is 5.74. The van der Waals surface area contributed by atoms with Crippen LogP contribution in [-0.2, 0) is 0 Å². The summed E-state index contributed by atoms with van der Waals surface area (Å²) >= 11 is 1.02. The smallest absolute Gasteiger partial charge is 0.319 e. The Morgan fingerprint density at radius 2 is 2.15 bits per heavy atom. The number of aryl methyl sites for hydroxylation is 1. The van der Waals surface area contributed by atoms with Gasteiger partial charge in [0.2, 0.25) is 0 Å². The molecule has 0 saturated heterocycles. The van der Waals surface area contributed by atoms with E-state index in [-0.39, 0.29) is 11.5 Å². The van der Waals surface area contributed by atoms with Crippen molar-refractivity contribution in [3.63, 3.8) is 0 Å². The molecule has 0 unspecified atom stereocenters. The number of hydrogen-bond donors (Lipinski definition) is 4. The van der Waals surface area contributed by atoms with E-state index in [0.29, 0.717) is 16.3 Å². The molecule has 0 aliphatic carbocycles. The summed E-state index contributed by atoms with van der Waals surface area (Å²) in [6, 6.07) is 4.13. The van der Waals surface area contributed by atoms with E-state index in [1.165, 1.54) is 13.1 Å². The summed E-state index contributed by atoms with van der Waals surface area (Å²) in [6.07, 6.45) is 0. The molecule has 1 aromatic carbocycles. The van der Waals surface area contributed by atoms with Gasteiger partial charge in [0, 0.05) is 12.7 Å². The van der Waals surface area contributed by atoms with Gasteiger partial charge in [0.1, 0.15) is 16.5 Å². The molecule has 20 heavy (non-hydrogen) atoms. The Labute approximate surface area is 118 Å². The van der Waals surface area contributed by atoms with Crippen molar-refractivity contribution >= 4 is 33.9 Å². The largest absolute Gasteiger partial charge is 0.344 e. The van der Waals surface area contributed by atoms with Crippen LogP contribution in [0.25, 0.3) is 0 Å². The monoisotopic (exact) mass is 296 g/mol. The van der Waals surface area contributed by atoms with Crippen molar-refractivity contribution in [1.29, 1.82) is 0 Å². The van der Waals surface area contributed by atoms with Gasteiger partial charge in [0.15, 0.2) is 0 Å². The molecule has 4 N–H and O–H groups in total. The fraction of sp³-hybridized carbons (Fsp3) is 0.167. The van der Waals surface area contributed by atoms with Crippen LogP contribution in [0.1, 0.15) is 5.56 Å². The lowest BCUT2D eigenvalue weighted by Crippen LogP contribution is -2.27. The van der Waals surface area contributed by atoms with Crippen molar-refractivity contribution in [2.45, 2.75) is 6.92 Å². The Kier molecular flexibility index (Phi) is 4.04. The minimum Gasteiger partial charge on any atom is -0.344 e. The standard InChI is InChI=1S/C12H13FN4O2S/c1-6-3-4-7(5-8(6)13)15-11-9(10(18)17-20-11)16-12(19)14-2/h3-5,15H,1-2H3,(H,17,18)(H2,14,16,19). The van der Waals surface area contributed by atoms with Crippen molar-refractivity contribution in [2.24, 2.45) is 0 Å². The Hall–Kier alpha value is -2.35. The molecule has 0 spiro atoms. The van der Waals surface area contributed by atoms with Gasteiger partial charge in [-0.2, -0.15) is 0 Å². The maximum absolute atomic E-state index is 13.5. The number of urea groups is 1. The van der Waals surface area contributed by atoms with Gasteiger partial charge in [-0.1, -0.05) is 6.07 Å². The summed E-state index contributed by atoms with van der Waals surface area (Å²) in [6.45, 7) is 1.66. The lowest BCUT2D eigenvalue weighted by Gasteiger charge is -2.07. The fourth-order valence-electron chi connectivity index (χ4n) is 1.48. The minimum absolute atomic E-state index is 0.0929. The highest BCUT2D eigenvalue weighted by molar-refractivity contribution is 7.11. The Balaban J connectivity index is 2.27. The van der Waals surface area contributed by atoms with Crippen LogP contribution in [0.5, 0.6) is 0 Å². The number of hydrogen-bond acceptors (Lipinski definition) is 4. The Morgan fingerprint density at radius 3 is 2.80 bits per heavy atom. The number of rotatable bonds is 3. The topological polar surface area (TPSA) is 86.0 Å². The maximum atomic E-state index is 13.5. The van der Waals surface area contributed by atoms with Crippen LogP contribution in [0.15, 0.2) is 23.0 Å². The Bertz CT molecular complexity index is 695. The summed E-state index contributed by atoms with van der Waals surface area (Å²) in [4.78, 5) is 22.9. The molecule has 1 heterocycles. The zero-order chi connectivity index (χ0) is 14.7. The molecule has 0 radical (unpaired) electrons. The number of aromatic nitrogens is 1. The van der Waals surface area contributed by atoms with E-state index in [4.69, 9.17) is 0 Å². The predicted molar refractivity (Wildman–Crippen MR) is 77.4 cm³/mol. The molecule has 2 amide bonds. The molecule has 6 nitrogen and oxygen atoms in total. The molecule has 0 atom stereocenters. The van der Waals surface area contributed by atoms with Gasteiger partial charge < -0.3 is 16.0 Å². The number of carbonyl (C=O) groups is 1. The van der Waals surface area contributed by atoms with Gasteiger partial charge in [-0.3, -0.25) is 9.17 Å². The first-order chi connectivity index (χ1) is 9.51. The van der Waals surface area contributed by atoms with E-state index in [1.807, 2.05) is 0 Å². The molecule has 1 aromatic heterocycles. The van der Waals surface area contributed by atoms with Gasteiger partial charge in [-0.25, -0.2) is 9.18 Å². The van der Waals surface area contributed by atoms with E-state index < -0.39 is 11.6 Å². The van der Waals surface area contributed by atoms with Gasteiger partial charge in [0.25, 0.3) is 5.56 Å². The van der Waals surface area contributed by atoms with Gasteiger partial charge in [-0.15, -0.1) is 0 Å². The third kappa shape index (κ3) is 2.97. The summed E-state index contributed by atoms with van der Waals surface area (Å²) in [5.41, 5.74) is 0.689. The Morgan fingerprint density at radius 1 is 1.40 bits per heavy atom. The van der Waals surface area contributed by atoms with Crippen LogP contribution < -0.4 is 21.5 Å². The zero-order valence-corrected chi connectivity index (χ0v) is 11.7. The number of amides is 2. The minimum atomic E-state index is -0.507. The number of benzene rings is 1. The average Bonchev–Trinajstić information content (AvgIpc) is 2.75. The molecule has 0 fully saturated rings. The number of H-pyrrole nitrogens is 1. The molecular weight excluding hydrogens is 283 g/mol. The first-order valence-corrected chi connectivity index (χ1v) is 6.56. The third-order valence-electron chi connectivity index (χ3n) is 2.60. The third-order valence-corrected chi connectivity index (χ3v) is 3.39. The average molecular weight is 296 g/mol. The second-order valence-corrected chi connectivity index (χ2v) is 4.85. The van der Waals surface area contributed by atoms with E-state index in [1.54, 1.807) is 19.1 Å². The molecule has 0 bridgehead atoms.